The van der Waals surface area contributed by atoms with Crippen molar-refractivity contribution in [1.82, 2.24) is 14.9 Å². The lowest BCUT2D eigenvalue weighted by atomic mass is 10.0. The number of nitrogens with one attached hydrogen (secondary N) is 1. The third-order valence-electron chi connectivity index (χ3n) is 3.95. The lowest BCUT2D eigenvalue weighted by molar-refractivity contribution is 0.407. The van der Waals surface area contributed by atoms with Crippen molar-refractivity contribution < 1.29 is 4.74 Å². The smallest absolute Gasteiger partial charge is 0.168 e. The molecule has 1 N–H and O–H groups in total. The molecular weight excluding hydrogens is 270 g/mol. The molecule has 0 amide bonds. The molecular formula is C15H21N3OS. The standard InChI is InChI=1S/C15H21N3OS/c1-18-14-4-3-12(19-2)9-13(14)17-15(18)20-10-11-5-7-16-8-6-11/h3-4,9,11,16H,5-8,10H2,1-2H3. The molecule has 0 atom stereocenters. The van der Waals surface area contributed by atoms with E-state index in [0.717, 1.165) is 41.2 Å². The Morgan fingerprint density at radius 1 is 1.40 bits per heavy atom. The molecule has 0 saturated carbocycles. The Bertz CT molecular complexity index is 590. The Morgan fingerprint density at radius 2 is 2.20 bits per heavy atom. The minimum Gasteiger partial charge on any atom is -0.497 e. The van der Waals surface area contributed by atoms with E-state index in [1.165, 1.54) is 18.4 Å². The average Bonchev–Trinajstić information content (AvgIpc) is 2.82. The molecule has 5 heteroatoms. The number of benzene rings is 1. The zero-order valence-electron chi connectivity index (χ0n) is 12.1. The van der Waals surface area contributed by atoms with Gasteiger partial charge in [0.15, 0.2) is 5.16 Å². The highest BCUT2D eigenvalue weighted by Crippen LogP contribution is 2.28. The molecule has 4 nitrogen and oxygen atoms in total. The molecule has 1 aliphatic heterocycles. The summed E-state index contributed by atoms with van der Waals surface area (Å²) in [4.78, 5) is 4.74. The summed E-state index contributed by atoms with van der Waals surface area (Å²) in [6.45, 7) is 2.32. The summed E-state index contributed by atoms with van der Waals surface area (Å²) in [7, 11) is 3.78. The van der Waals surface area contributed by atoms with E-state index >= 15 is 0 Å². The van der Waals surface area contributed by atoms with Crippen LogP contribution in [0.4, 0.5) is 0 Å². The maximum Gasteiger partial charge on any atom is 0.168 e. The summed E-state index contributed by atoms with van der Waals surface area (Å²) in [5, 5.41) is 4.52. The number of imidazole rings is 1. The van der Waals surface area contributed by atoms with Gasteiger partial charge in [-0.2, -0.15) is 0 Å². The van der Waals surface area contributed by atoms with Gasteiger partial charge in [-0.3, -0.25) is 0 Å². The van der Waals surface area contributed by atoms with Crippen LogP contribution in [-0.4, -0.2) is 35.5 Å². The number of piperidine rings is 1. The summed E-state index contributed by atoms with van der Waals surface area (Å²) >= 11 is 1.88. The van der Waals surface area contributed by atoms with Crippen LogP contribution in [0.5, 0.6) is 5.75 Å². The highest BCUT2D eigenvalue weighted by atomic mass is 32.2. The van der Waals surface area contributed by atoms with Crippen LogP contribution >= 0.6 is 11.8 Å². The monoisotopic (exact) mass is 291 g/mol. The second-order valence-corrected chi connectivity index (χ2v) is 6.30. The molecule has 1 aromatic carbocycles. The fourth-order valence-electron chi connectivity index (χ4n) is 2.65. The largest absolute Gasteiger partial charge is 0.497 e. The van der Waals surface area contributed by atoms with Crippen LogP contribution in [0.1, 0.15) is 12.8 Å². The molecule has 0 radical (unpaired) electrons. The van der Waals surface area contributed by atoms with E-state index in [-0.39, 0.29) is 0 Å². The Kier molecular flexibility index (Phi) is 4.17. The first-order chi connectivity index (χ1) is 9.78. The van der Waals surface area contributed by atoms with Crippen LogP contribution in [-0.2, 0) is 7.05 Å². The van der Waals surface area contributed by atoms with E-state index in [2.05, 4.69) is 23.0 Å². The predicted molar refractivity (Wildman–Crippen MR) is 83.6 cm³/mol. The predicted octanol–water partition coefficient (Wildman–Crippen LogP) is 2.67. The highest BCUT2D eigenvalue weighted by Gasteiger charge is 2.15. The number of fused-ring (bicyclic) bond motifs is 1. The van der Waals surface area contributed by atoms with Gasteiger partial charge in [0.1, 0.15) is 5.75 Å². The molecule has 0 unspecified atom stereocenters. The number of methoxy groups -OCH3 is 1. The van der Waals surface area contributed by atoms with Crippen molar-refractivity contribution in [3.05, 3.63) is 18.2 Å². The fraction of sp³-hybridized carbons (Fsp3) is 0.533. The minimum atomic E-state index is 0.815. The third kappa shape index (κ3) is 2.79. The van der Waals surface area contributed by atoms with Gasteiger partial charge < -0.3 is 14.6 Å². The average molecular weight is 291 g/mol. The molecule has 1 aromatic heterocycles. The van der Waals surface area contributed by atoms with E-state index in [1.54, 1.807) is 7.11 Å². The van der Waals surface area contributed by atoms with Crippen LogP contribution < -0.4 is 10.1 Å². The first-order valence-corrected chi connectivity index (χ1v) is 8.10. The van der Waals surface area contributed by atoms with Crippen molar-refractivity contribution in [3.8, 4) is 5.75 Å². The number of aryl methyl sites for hydroxylation is 1. The van der Waals surface area contributed by atoms with E-state index in [0.29, 0.717) is 0 Å². The molecule has 0 spiro atoms. The van der Waals surface area contributed by atoms with Crippen LogP contribution in [0, 0.1) is 5.92 Å². The topological polar surface area (TPSA) is 39.1 Å². The first kappa shape index (κ1) is 13.8. The van der Waals surface area contributed by atoms with E-state index < -0.39 is 0 Å². The molecule has 0 bridgehead atoms. The summed E-state index contributed by atoms with van der Waals surface area (Å²) in [6, 6.07) is 6.07. The molecule has 1 fully saturated rings. The molecule has 2 heterocycles. The summed E-state index contributed by atoms with van der Waals surface area (Å²) in [5.41, 5.74) is 2.18. The van der Waals surface area contributed by atoms with Gasteiger partial charge in [0.2, 0.25) is 0 Å². The van der Waals surface area contributed by atoms with Gasteiger partial charge in [-0.05, 0) is 44.0 Å². The van der Waals surface area contributed by atoms with Gasteiger partial charge in [-0.25, -0.2) is 4.98 Å². The maximum atomic E-state index is 5.26. The first-order valence-electron chi connectivity index (χ1n) is 7.12. The van der Waals surface area contributed by atoms with Crippen molar-refractivity contribution in [3.63, 3.8) is 0 Å². The summed E-state index contributed by atoms with van der Waals surface area (Å²) < 4.78 is 7.44. The summed E-state index contributed by atoms with van der Waals surface area (Å²) in [5.74, 6) is 2.84. The van der Waals surface area contributed by atoms with Crippen LogP contribution in [0.2, 0.25) is 0 Å². The summed E-state index contributed by atoms with van der Waals surface area (Å²) in [6.07, 6.45) is 2.57. The van der Waals surface area contributed by atoms with Gasteiger partial charge in [-0.15, -0.1) is 0 Å². The number of rotatable bonds is 4. The molecule has 1 aliphatic rings. The second kappa shape index (κ2) is 6.06. The molecule has 2 aromatic rings. The fourth-order valence-corrected chi connectivity index (χ4v) is 3.83. The van der Waals surface area contributed by atoms with E-state index in [9.17, 15) is 0 Å². The highest BCUT2D eigenvalue weighted by molar-refractivity contribution is 7.99. The third-order valence-corrected chi connectivity index (χ3v) is 5.22. The molecule has 3 rings (SSSR count). The van der Waals surface area contributed by atoms with Gasteiger partial charge >= 0.3 is 0 Å². The number of thioether (sulfide) groups is 1. The number of nitrogens with zero attached hydrogens (tertiary/aromatic N) is 2. The van der Waals surface area contributed by atoms with Crippen LogP contribution in [0.3, 0.4) is 0 Å². The number of aromatic nitrogens is 2. The lowest BCUT2D eigenvalue weighted by Gasteiger charge is -2.21. The van der Waals surface area contributed by atoms with Crippen LogP contribution in [0.25, 0.3) is 11.0 Å². The van der Waals surface area contributed by atoms with Crippen molar-refractivity contribution in [2.45, 2.75) is 18.0 Å². The minimum absolute atomic E-state index is 0.815. The van der Waals surface area contributed by atoms with Crippen molar-refractivity contribution >= 4 is 22.8 Å². The Balaban J connectivity index is 1.75. The Hall–Kier alpha value is -1.20. The second-order valence-electron chi connectivity index (χ2n) is 5.31. The molecule has 0 aliphatic carbocycles. The van der Waals surface area contributed by atoms with E-state index in [1.807, 2.05) is 23.9 Å². The zero-order valence-corrected chi connectivity index (χ0v) is 12.9. The van der Waals surface area contributed by atoms with Gasteiger partial charge in [-0.1, -0.05) is 11.8 Å². The quantitative estimate of drug-likeness (QED) is 0.879. The molecule has 108 valence electrons. The van der Waals surface area contributed by atoms with Gasteiger partial charge in [0.05, 0.1) is 18.1 Å². The van der Waals surface area contributed by atoms with Crippen molar-refractivity contribution in [2.75, 3.05) is 26.0 Å². The maximum absolute atomic E-state index is 5.26. The van der Waals surface area contributed by atoms with Gasteiger partial charge in [0.25, 0.3) is 0 Å². The molecule has 20 heavy (non-hydrogen) atoms. The lowest BCUT2D eigenvalue weighted by Crippen LogP contribution is -2.28. The molecule has 1 saturated heterocycles. The number of hydrogen-bond acceptors (Lipinski definition) is 4. The van der Waals surface area contributed by atoms with Crippen LogP contribution in [0.15, 0.2) is 23.4 Å². The zero-order chi connectivity index (χ0) is 13.9. The normalized spacial score (nSPS) is 16.7. The Morgan fingerprint density at radius 3 is 2.95 bits per heavy atom. The number of hydrogen-bond donors (Lipinski definition) is 1. The SMILES string of the molecule is COc1ccc2c(c1)nc(SCC1CCNCC1)n2C. The Labute approximate surface area is 123 Å². The van der Waals surface area contributed by atoms with Crippen molar-refractivity contribution in [2.24, 2.45) is 13.0 Å². The van der Waals surface area contributed by atoms with E-state index in [4.69, 9.17) is 9.72 Å². The number of ether oxygens (including phenoxy) is 1. The van der Waals surface area contributed by atoms with Gasteiger partial charge in [0, 0.05) is 18.9 Å². The van der Waals surface area contributed by atoms with Crippen molar-refractivity contribution in [1.29, 1.82) is 0 Å².